The van der Waals surface area contributed by atoms with Crippen molar-refractivity contribution in [1.82, 2.24) is 0 Å². The van der Waals surface area contributed by atoms with Crippen molar-refractivity contribution < 1.29 is 14.6 Å². The van der Waals surface area contributed by atoms with Gasteiger partial charge in [0.05, 0.1) is 6.42 Å². The summed E-state index contributed by atoms with van der Waals surface area (Å²) in [7, 11) is 1.68. The molecule has 4 heteroatoms. The van der Waals surface area contributed by atoms with Crippen molar-refractivity contribution in [2.45, 2.75) is 44.3 Å². The Morgan fingerprint density at radius 3 is 2.60 bits per heavy atom. The minimum absolute atomic E-state index is 0.0284. The fourth-order valence-corrected chi connectivity index (χ4v) is 2.19. The van der Waals surface area contributed by atoms with Crippen LogP contribution in [0.5, 0.6) is 0 Å². The normalized spacial score (nSPS) is 14.9. The molecule has 90 valence electrons. The summed E-state index contributed by atoms with van der Waals surface area (Å²) < 4.78 is 4.99. The molecule has 3 nitrogen and oxygen atoms in total. The lowest BCUT2D eigenvalue weighted by molar-refractivity contribution is -0.137. The first-order valence-corrected chi connectivity index (χ1v) is 6.02. The van der Waals surface area contributed by atoms with Gasteiger partial charge in [0.15, 0.2) is 0 Å². The molecule has 0 aromatic heterocycles. The molecule has 2 unspecified atom stereocenters. The highest BCUT2D eigenvalue weighted by Gasteiger charge is 2.19. The zero-order valence-corrected chi connectivity index (χ0v) is 10.5. The summed E-state index contributed by atoms with van der Waals surface area (Å²) in [6, 6.07) is 0. The van der Waals surface area contributed by atoms with Crippen molar-refractivity contribution in [2.75, 3.05) is 13.7 Å². The molecule has 0 saturated heterocycles. The molecule has 0 aromatic carbocycles. The molecule has 0 rings (SSSR count). The van der Waals surface area contributed by atoms with Crippen LogP contribution in [0.3, 0.4) is 0 Å². The van der Waals surface area contributed by atoms with Gasteiger partial charge in [0.25, 0.3) is 0 Å². The Morgan fingerprint density at radius 1 is 1.47 bits per heavy atom. The molecule has 0 aliphatic carbocycles. The third-order valence-electron chi connectivity index (χ3n) is 2.51. The average molecular weight is 234 g/mol. The largest absolute Gasteiger partial charge is 0.481 e. The standard InChI is InChI=1S/C11H22O3S/c1-3-5-9(6-4-7-14-2)10(15)8-11(12)13/h9-10,15H,3-8H2,1-2H3,(H,12,13). The Kier molecular flexibility index (Phi) is 8.91. The number of hydrogen-bond acceptors (Lipinski definition) is 3. The number of hydrogen-bond donors (Lipinski definition) is 2. The van der Waals surface area contributed by atoms with Gasteiger partial charge >= 0.3 is 5.97 Å². The number of ether oxygens (including phenoxy) is 1. The molecule has 2 atom stereocenters. The van der Waals surface area contributed by atoms with Crippen LogP contribution < -0.4 is 0 Å². The van der Waals surface area contributed by atoms with E-state index >= 15 is 0 Å². The quantitative estimate of drug-likeness (QED) is 0.476. The minimum atomic E-state index is -0.761. The van der Waals surface area contributed by atoms with E-state index in [2.05, 4.69) is 19.6 Å². The Bertz CT molecular complexity index is 173. The number of carboxylic acids is 1. The molecule has 0 spiro atoms. The Hall–Kier alpha value is -0.220. The van der Waals surface area contributed by atoms with Gasteiger partial charge in [-0.25, -0.2) is 0 Å². The van der Waals surface area contributed by atoms with E-state index in [1.807, 2.05) is 0 Å². The third kappa shape index (κ3) is 7.68. The number of aliphatic carboxylic acids is 1. The summed E-state index contributed by atoms with van der Waals surface area (Å²) in [6.45, 7) is 2.86. The highest BCUT2D eigenvalue weighted by atomic mass is 32.1. The van der Waals surface area contributed by atoms with Crippen molar-refractivity contribution in [3.63, 3.8) is 0 Å². The van der Waals surface area contributed by atoms with Crippen molar-refractivity contribution in [1.29, 1.82) is 0 Å². The lowest BCUT2D eigenvalue weighted by atomic mass is 9.92. The smallest absolute Gasteiger partial charge is 0.304 e. The zero-order valence-electron chi connectivity index (χ0n) is 9.61. The summed E-state index contributed by atoms with van der Waals surface area (Å²) in [6.07, 6.45) is 4.27. The van der Waals surface area contributed by atoms with Gasteiger partial charge in [-0.05, 0) is 25.2 Å². The molecule has 0 amide bonds. The van der Waals surface area contributed by atoms with Gasteiger partial charge in [-0.15, -0.1) is 0 Å². The first kappa shape index (κ1) is 14.8. The van der Waals surface area contributed by atoms with Gasteiger partial charge < -0.3 is 9.84 Å². The van der Waals surface area contributed by atoms with E-state index in [-0.39, 0.29) is 11.7 Å². The number of carboxylic acid groups (broad SMARTS) is 1. The molecule has 0 aliphatic rings. The minimum Gasteiger partial charge on any atom is -0.481 e. The second kappa shape index (κ2) is 9.04. The van der Waals surface area contributed by atoms with Crippen molar-refractivity contribution >= 4 is 18.6 Å². The van der Waals surface area contributed by atoms with Gasteiger partial charge in [0.1, 0.15) is 0 Å². The SMILES string of the molecule is CCCC(CCCOC)C(S)CC(=O)O. The van der Waals surface area contributed by atoms with Gasteiger partial charge in [-0.3, -0.25) is 4.79 Å². The molecular formula is C11H22O3S. The van der Waals surface area contributed by atoms with E-state index in [0.29, 0.717) is 5.92 Å². The van der Waals surface area contributed by atoms with Gasteiger partial charge in [-0.1, -0.05) is 13.3 Å². The monoisotopic (exact) mass is 234 g/mol. The Morgan fingerprint density at radius 2 is 2.13 bits per heavy atom. The molecule has 0 fully saturated rings. The molecule has 0 aliphatic heterocycles. The van der Waals surface area contributed by atoms with Crippen molar-refractivity contribution in [3.8, 4) is 0 Å². The van der Waals surface area contributed by atoms with Crippen LogP contribution in [0.15, 0.2) is 0 Å². The van der Waals surface area contributed by atoms with Crippen LogP contribution in [0.1, 0.15) is 39.0 Å². The number of thiol groups is 1. The summed E-state index contributed by atoms with van der Waals surface area (Å²) in [5.41, 5.74) is 0. The van der Waals surface area contributed by atoms with Crippen LogP contribution in [-0.2, 0) is 9.53 Å². The topological polar surface area (TPSA) is 46.5 Å². The van der Waals surface area contributed by atoms with Crippen LogP contribution in [0.4, 0.5) is 0 Å². The second-order valence-corrected chi connectivity index (χ2v) is 4.51. The van der Waals surface area contributed by atoms with E-state index in [4.69, 9.17) is 9.84 Å². The summed E-state index contributed by atoms with van der Waals surface area (Å²) in [4.78, 5) is 10.6. The molecule has 0 aromatic rings. The predicted molar refractivity (Wildman–Crippen MR) is 64.5 cm³/mol. The number of carbonyl (C=O) groups is 1. The summed E-state index contributed by atoms with van der Waals surface area (Å²) in [5, 5.41) is 8.67. The molecular weight excluding hydrogens is 212 g/mol. The molecule has 0 bridgehead atoms. The van der Waals surface area contributed by atoms with Gasteiger partial charge in [-0.2, -0.15) is 12.6 Å². The maximum Gasteiger partial charge on any atom is 0.304 e. The maximum atomic E-state index is 10.6. The average Bonchev–Trinajstić information content (AvgIpc) is 2.15. The van der Waals surface area contributed by atoms with Gasteiger partial charge in [0.2, 0.25) is 0 Å². The first-order valence-electron chi connectivity index (χ1n) is 5.50. The first-order chi connectivity index (χ1) is 7.11. The third-order valence-corrected chi connectivity index (χ3v) is 3.11. The van der Waals surface area contributed by atoms with E-state index in [9.17, 15) is 4.79 Å². The summed E-state index contributed by atoms with van der Waals surface area (Å²) in [5.74, 6) is -0.368. The van der Waals surface area contributed by atoms with Gasteiger partial charge in [0, 0.05) is 19.0 Å². The van der Waals surface area contributed by atoms with Crippen molar-refractivity contribution in [3.05, 3.63) is 0 Å². The fourth-order valence-electron chi connectivity index (χ4n) is 1.74. The predicted octanol–water partition coefficient (Wildman–Crippen LogP) is 2.60. The van der Waals surface area contributed by atoms with Crippen LogP contribution >= 0.6 is 12.6 Å². The molecule has 0 saturated carbocycles. The number of rotatable bonds is 9. The molecule has 1 N–H and O–H groups in total. The Balaban J connectivity index is 3.93. The highest BCUT2D eigenvalue weighted by molar-refractivity contribution is 7.81. The lowest BCUT2D eigenvalue weighted by Crippen LogP contribution is -2.19. The molecule has 0 radical (unpaired) electrons. The van der Waals surface area contributed by atoms with Crippen LogP contribution in [0.2, 0.25) is 0 Å². The maximum absolute atomic E-state index is 10.6. The van der Waals surface area contributed by atoms with Crippen LogP contribution in [0.25, 0.3) is 0 Å². The van der Waals surface area contributed by atoms with E-state index in [1.165, 1.54) is 0 Å². The zero-order chi connectivity index (χ0) is 11.7. The van der Waals surface area contributed by atoms with Crippen molar-refractivity contribution in [2.24, 2.45) is 5.92 Å². The second-order valence-electron chi connectivity index (χ2n) is 3.85. The summed E-state index contributed by atoms with van der Waals surface area (Å²) >= 11 is 4.38. The van der Waals surface area contributed by atoms with Crippen LogP contribution in [-0.4, -0.2) is 30.0 Å². The van der Waals surface area contributed by atoms with E-state index in [1.54, 1.807) is 7.11 Å². The van der Waals surface area contributed by atoms with E-state index in [0.717, 1.165) is 32.3 Å². The fraction of sp³-hybridized carbons (Fsp3) is 0.909. The van der Waals surface area contributed by atoms with Crippen LogP contribution in [0, 0.1) is 5.92 Å². The lowest BCUT2D eigenvalue weighted by Gasteiger charge is -2.21. The number of methoxy groups -OCH3 is 1. The highest BCUT2D eigenvalue weighted by Crippen LogP contribution is 2.24. The molecule has 15 heavy (non-hydrogen) atoms. The molecule has 0 heterocycles. The Labute approximate surface area is 97.6 Å². The van der Waals surface area contributed by atoms with E-state index < -0.39 is 5.97 Å².